The van der Waals surface area contributed by atoms with Gasteiger partial charge in [0, 0.05) is 11.6 Å². The highest BCUT2D eigenvalue weighted by molar-refractivity contribution is 7.92. The van der Waals surface area contributed by atoms with Crippen molar-refractivity contribution in [1.29, 1.82) is 0 Å². The van der Waals surface area contributed by atoms with Crippen molar-refractivity contribution in [2.45, 2.75) is 56.5 Å². The molecule has 4 aromatic rings. The lowest BCUT2D eigenvalue weighted by molar-refractivity contribution is -0.137. The number of carboxylic acids is 1. The fourth-order valence-corrected chi connectivity index (χ4v) is 7.78. The van der Waals surface area contributed by atoms with Gasteiger partial charge in [-0.2, -0.15) is 13.2 Å². The van der Waals surface area contributed by atoms with Gasteiger partial charge in [0.1, 0.15) is 16.6 Å². The number of rotatable bonds is 8. The minimum Gasteiger partial charge on any atom is -0.495 e. The maximum absolute atomic E-state index is 14.3. The molecule has 0 aliphatic heterocycles. The standard InChI is InChI=1S/C31H30F4N2O5S2/c1-16(2)17-4-6-18(7-5-17)19-8-10-21(23(12-19)31(33,34)35)29-36-26-13-20(9-11-28(26)43-29)44(40,41)37-25-15-24(32)22(30(38)39)14-27(25)42-3/h8-18,37H,4-7H2,1-3H3,(H,38,39). The van der Waals surface area contributed by atoms with E-state index in [9.17, 15) is 30.8 Å². The van der Waals surface area contributed by atoms with Crippen LogP contribution >= 0.6 is 11.3 Å². The summed E-state index contributed by atoms with van der Waals surface area (Å²) in [6, 6.07) is 9.85. The van der Waals surface area contributed by atoms with Gasteiger partial charge < -0.3 is 9.84 Å². The Labute approximate surface area is 256 Å². The molecule has 2 N–H and O–H groups in total. The first-order chi connectivity index (χ1) is 20.7. The zero-order valence-corrected chi connectivity index (χ0v) is 25.7. The first kappa shape index (κ1) is 31.7. The molecule has 1 saturated carbocycles. The van der Waals surface area contributed by atoms with Crippen LogP contribution in [0.3, 0.4) is 0 Å². The summed E-state index contributed by atoms with van der Waals surface area (Å²) in [6.45, 7) is 4.35. The van der Waals surface area contributed by atoms with E-state index in [2.05, 4.69) is 23.6 Å². The van der Waals surface area contributed by atoms with Crippen LogP contribution in [0.2, 0.25) is 0 Å². The molecule has 1 aliphatic carbocycles. The minimum atomic E-state index is -4.62. The number of nitrogens with one attached hydrogen (secondary N) is 1. The van der Waals surface area contributed by atoms with Crippen LogP contribution in [0.15, 0.2) is 53.4 Å². The number of halogens is 4. The molecule has 0 radical (unpaired) electrons. The van der Waals surface area contributed by atoms with Gasteiger partial charge in [-0.05, 0) is 79.3 Å². The Balaban J connectivity index is 1.46. The number of anilines is 1. The van der Waals surface area contributed by atoms with Crippen molar-refractivity contribution in [2.75, 3.05) is 11.8 Å². The molecule has 13 heteroatoms. The van der Waals surface area contributed by atoms with Crippen LogP contribution in [0.5, 0.6) is 5.75 Å². The molecule has 1 aliphatic rings. The van der Waals surface area contributed by atoms with Gasteiger partial charge in [0.15, 0.2) is 0 Å². The number of nitrogens with zero attached hydrogens (tertiary/aromatic N) is 1. The first-order valence-electron chi connectivity index (χ1n) is 13.9. The number of carbonyl (C=O) groups is 1. The van der Waals surface area contributed by atoms with Crippen molar-refractivity contribution < 1.29 is 40.6 Å². The van der Waals surface area contributed by atoms with Crippen molar-refractivity contribution in [3.8, 4) is 16.3 Å². The van der Waals surface area contributed by atoms with E-state index in [1.165, 1.54) is 37.4 Å². The zero-order chi connectivity index (χ0) is 32.0. The van der Waals surface area contributed by atoms with Crippen molar-refractivity contribution in [2.24, 2.45) is 11.8 Å². The van der Waals surface area contributed by atoms with Gasteiger partial charge in [0.2, 0.25) is 0 Å². The van der Waals surface area contributed by atoms with Gasteiger partial charge in [0.05, 0.1) is 39.0 Å². The molecule has 3 aromatic carbocycles. The molecule has 0 unspecified atom stereocenters. The Morgan fingerprint density at radius 3 is 2.39 bits per heavy atom. The van der Waals surface area contributed by atoms with Crippen LogP contribution in [0.1, 0.15) is 66.9 Å². The maximum Gasteiger partial charge on any atom is 0.417 e. The quantitative estimate of drug-likeness (QED) is 0.185. The summed E-state index contributed by atoms with van der Waals surface area (Å²) in [5.74, 6) is -1.77. The fourth-order valence-electron chi connectivity index (χ4n) is 5.72. The van der Waals surface area contributed by atoms with Gasteiger partial charge >= 0.3 is 12.1 Å². The van der Waals surface area contributed by atoms with Crippen molar-refractivity contribution in [3.63, 3.8) is 0 Å². The second-order valence-electron chi connectivity index (χ2n) is 11.3. The summed E-state index contributed by atoms with van der Waals surface area (Å²) >= 11 is 1.01. The Bertz CT molecular complexity index is 1830. The lowest BCUT2D eigenvalue weighted by Crippen LogP contribution is -2.18. The molecule has 0 spiro atoms. The molecule has 0 atom stereocenters. The van der Waals surface area contributed by atoms with E-state index >= 15 is 0 Å². The van der Waals surface area contributed by atoms with Gasteiger partial charge in [-0.25, -0.2) is 22.6 Å². The largest absolute Gasteiger partial charge is 0.495 e. The summed E-state index contributed by atoms with van der Waals surface area (Å²) in [5.41, 5.74) is -1.08. The highest BCUT2D eigenvalue weighted by Gasteiger charge is 2.36. The fraction of sp³-hybridized carbons (Fsp3) is 0.355. The van der Waals surface area contributed by atoms with E-state index in [0.29, 0.717) is 28.2 Å². The zero-order valence-electron chi connectivity index (χ0n) is 24.0. The summed E-state index contributed by atoms with van der Waals surface area (Å²) in [5, 5.41) is 9.22. The Hall–Kier alpha value is -3.71. The number of carboxylic acid groups (broad SMARTS) is 1. The lowest BCUT2D eigenvalue weighted by atomic mass is 9.74. The SMILES string of the molecule is COc1cc(C(=O)O)c(F)cc1NS(=O)(=O)c1ccc2sc(-c3ccc(C4CCC(C(C)C)CC4)cc3C(F)(F)F)nc2c1. The topological polar surface area (TPSA) is 106 Å². The molecular weight excluding hydrogens is 620 g/mol. The second-order valence-corrected chi connectivity index (χ2v) is 14.0. The second kappa shape index (κ2) is 12.0. The summed E-state index contributed by atoms with van der Waals surface area (Å²) < 4.78 is 91.3. The molecule has 0 saturated heterocycles. The Morgan fingerprint density at radius 1 is 1.07 bits per heavy atom. The van der Waals surface area contributed by atoms with E-state index in [1.807, 2.05) is 0 Å². The number of alkyl halides is 3. The number of thiazole rings is 1. The third kappa shape index (κ3) is 6.39. The van der Waals surface area contributed by atoms with E-state index < -0.39 is 39.1 Å². The van der Waals surface area contributed by atoms with Crippen LogP contribution in [0.4, 0.5) is 23.2 Å². The molecule has 0 amide bonds. The average molecular weight is 651 g/mol. The highest BCUT2D eigenvalue weighted by Crippen LogP contribution is 2.44. The molecule has 1 heterocycles. The van der Waals surface area contributed by atoms with Crippen molar-refractivity contribution in [1.82, 2.24) is 4.98 Å². The third-order valence-corrected chi connectivity index (χ3v) is 10.6. The van der Waals surface area contributed by atoms with Gasteiger partial charge in [-0.15, -0.1) is 11.3 Å². The molecule has 44 heavy (non-hydrogen) atoms. The minimum absolute atomic E-state index is 0.0585. The van der Waals surface area contributed by atoms with E-state index in [-0.39, 0.29) is 38.3 Å². The normalized spacial score (nSPS) is 17.6. The first-order valence-corrected chi connectivity index (χ1v) is 16.2. The number of hydrogen-bond donors (Lipinski definition) is 2. The number of benzene rings is 3. The average Bonchev–Trinajstić information content (AvgIpc) is 3.40. The maximum atomic E-state index is 14.3. The van der Waals surface area contributed by atoms with Crippen LogP contribution in [-0.4, -0.2) is 31.6 Å². The van der Waals surface area contributed by atoms with Crippen LogP contribution in [0.25, 0.3) is 20.8 Å². The molecular formula is C31H30F4N2O5S2. The number of fused-ring (bicyclic) bond motifs is 1. The predicted octanol–water partition coefficient (Wildman–Crippen LogP) is 8.56. The molecule has 234 valence electrons. The van der Waals surface area contributed by atoms with Crippen molar-refractivity contribution >= 4 is 43.2 Å². The number of aromatic carboxylic acids is 1. The highest BCUT2D eigenvalue weighted by atomic mass is 32.2. The molecule has 0 bridgehead atoms. The molecule has 7 nitrogen and oxygen atoms in total. The van der Waals surface area contributed by atoms with Crippen LogP contribution < -0.4 is 9.46 Å². The number of aromatic nitrogens is 1. The van der Waals surface area contributed by atoms with E-state index in [1.54, 1.807) is 6.07 Å². The number of sulfonamides is 1. The number of hydrogen-bond acceptors (Lipinski definition) is 6. The molecule has 1 fully saturated rings. The molecule has 1 aromatic heterocycles. The number of methoxy groups -OCH3 is 1. The smallest absolute Gasteiger partial charge is 0.417 e. The van der Waals surface area contributed by atoms with Gasteiger partial charge in [0.25, 0.3) is 10.0 Å². The lowest BCUT2D eigenvalue weighted by Gasteiger charge is -2.31. The third-order valence-electron chi connectivity index (χ3n) is 8.20. The predicted molar refractivity (Wildman–Crippen MR) is 160 cm³/mol. The Kier molecular flexibility index (Phi) is 8.65. The summed E-state index contributed by atoms with van der Waals surface area (Å²) in [7, 11) is -3.20. The summed E-state index contributed by atoms with van der Waals surface area (Å²) in [4.78, 5) is 15.3. The van der Waals surface area contributed by atoms with Crippen LogP contribution in [-0.2, 0) is 16.2 Å². The van der Waals surface area contributed by atoms with Crippen molar-refractivity contribution in [3.05, 3.63) is 71.0 Å². The van der Waals surface area contributed by atoms with E-state index in [4.69, 9.17) is 9.84 Å². The summed E-state index contributed by atoms with van der Waals surface area (Å²) in [6.07, 6.45) is -0.971. The Morgan fingerprint density at radius 2 is 1.77 bits per heavy atom. The van der Waals surface area contributed by atoms with Crippen LogP contribution in [0, 0.1) is 17.7 Å². The van der Waals surface area contributed by atoms with E-state index in [0.717, 1.165) is 43.1 Å². The van der Waals surface area contributed by atoms with Gasteiger partial charge in [-0.3, -0.25) is 4.72 Å². The van der Waals surface area contributed by atoms with Gasteiger partial charge in [-0.1, -0.05) is 26.0 Å². The monoisotopic (exact) mass is 650 g/mol. The molecule has 5 rings (SSSR count). The number of ether oxygens (including phenoxy) is 1.